The first-order chi connectivity index (χ1) is 14.9. The Morgan fingerprint density at radius 3 is 2.58 bits per heavy atom. The van der Waals surface area contributed by atoms with Crippen LogP contribution in [0.2, 0.25) is 0 Å². The number of nitrogens with one attached hydrogen (secondary N) is 2. The van der Waals surface area contributed by atoms with Gasteiger partial charge in [-0.15, -0.1) is 11.8 Å². The smallest absolute Gasteiger partial charge is 0.244 e. The number of aliphatic hydroxyl groups excluding tert-OH is 1. The summed E-state index contributed by atoms with van der Waals surface area (Å²) in [6.45, 7) is 4.05. The first-order valence-electron chi connectivity index (χ1n) is 11.0. The van der Waals surface area contributed by atoms with E-state index in [0.29, 0.717) is 6.54 Å². The van der Waals surface area contributed by atoms with Gasteiger partial charge in [-0.25, -0.2) is 0 Å². The quantitative estimate of drug-likeness (QED) is 0.585. The number of carbonyl (C=O) groups excluding carboxylic acids is 3. The fourth-order valence-electron chi connectivity index (χ4n) is 5.72. The minimum absolute atomic E-state index is 0.0192. The Balaban J connectivity index is 1.70. The van der Waals surface area contributed by atoms with Gasteiger partial charge in [0, 0.05) is 18.8 Å². The van der Waals surface area contributed by atoms with E-state index < -0.39 is 28.7 Å². The van der Waals surface area contributed by atoms with Crippen LogP contribution in [0.4, 0.5) is 0 Å². The highest BCUT2D eigenvalue weighted by atomic mass is 32.2. The molecular weight excluding hydrogens is 414 g/mol. The Morgan fingerprint density at radius 2 is 1.97 bits per heavy atom. The summed E-state index contributed by atoms with van der Waals surface area (Å²) in [4.78, 5) is 41.6. The highest BCUT2D eigenvalue weighted by molar-refractivity contribution is 8.02. The number of fused-ring (bicyclic) bond motifs is 1. The van der Waals surface area contributed by atoms with E-state index in [1.165, 1.54) is 0 Å². The van der Waals surface area contributed by atoms with Crippen molar-refractivity contribution in [3.63, 3.8) is 0 Å². The molecule has 2 unspecified atom stereocenters. The summed E-state index contributed by atoms with van der Waals surface area (Å²) in [5, 5.41) is 15.9. The maximum absolute atomic E-state index is 13.7. The van der Waals surface area contributed by atoms with E-state index in [4.69, 9.17) is 0 Å². The predicted molar refractivity (Wildman–Crippen MR) is 119 cm³/mol. The van der Waals surface area contributed by atoms with E-state index in [1.54, 1.807) is 23.7 Å². The summed E-state index contributed by atoms with van der Waals surface area (Å²) < 4.78 is -0.623. The average molecular weight is 446 g/mol. The highest BCUT2D eigenvalue weighted by Gasteiger charge is 2.74. The van der Waals surface area contributed by atoms with Gasteiger partial charge in [-0.2, -0.15) is 0 Å². The Labute approximate surface area is 187 Å². The summed E-state index contributed by atoms with van der Waals surface area (Å²) in [5.41, 5.74) is 0.981. The summed E-state index contributed by atoms with van der Waals surface area (Å²) >= 11 is 1.64. The molecule has 2 bridgehead atoms. The van der Waals surface area contributed by atoms with Gasteiger partial charge in [0.1, 0.15) is 6.04 Å². The molecule has 3 fully saturated rings. The maximum atomic E-state index is 13.7. The van der Waals surface area contributed by atoms with Crippen LogP contribution in [0.25, 0.3) is 0 Å². The van der Waals surface area contributed by atoms with Gasteiger partial charge in [0.2, 0.25) is 17.7 Å². The predicted octanol–water partition coefficient (Wildman–Crippen LogP) is 1.16. The van der Waals surface area contributed by atoms with Crippen molar-refractivity contribution in [1.82, 2.24) is 15.5 Å². The second kappa shape index (κ2) is 8.47. The normalized spacial score (nSPS) is 32.3. The van der Waals surface area contributed by atoms with Crippen LogP contribution in [0.1, 0.15) is 32.3 Å². The van der Waals surface area contributed by atoms with Crippen LogP contribution >= 0.6 is 11.8 Å². The van der Waals surface area contributed by atoms with Gasteiger partial charge in [-0.1, -0.05) is 44.2 Å². The van der Waals surface area contributed by atoms with Gasteiger partial charge in [0.15, 0.2) is 0 Å². The third kappa shape index (κ3) is 3.44. The van der Waals surface area contributed by atoms with Gasteiger partial charge in [-0.05, 0) is 24.3 Å². The lowest BCUT2D eigenvalue weighted by molar-refractivity contribution is -0.143. The SMILES string of the molecule is CNC(=O)[C@@H]1[C@@H]2CCC3(S2)C(C(=O)NCc2ccccc2)N([C@@H](CO)C(C)C)C(=O)[C@H]13. The van der Waals surface area contributed by atoms with Crippen LogP contribution in [0.5, 0.6) is 0 Å². The topological polar surface area (TPSA) is 98.7 Å². The van der Waals surface area contributed by atoms with E-state index in [2.05, 4.69) is 10.6 Å². The monoisotopic (exact) mass is 445 g/mol. The number of carbonyl (C=O) groups is 3. The highest BCUT2D eigenvalue weighted by Crippen LogP contribution is 2.66. The van der Waals surface area contributed by atoms with Crippen LogP contribution in [0, 0.1) is 17.8 Å². The zero-order chi connectivity index (χ0) is 22.3. The Bertz CT molecular complexity index is 864. The molecule has 168 valence electrons. The minimum Gasteiger partial charge on any atom is -0.394 e. The molecule has 0 aromatic heterocycles. The van der Waals surface area contributed by atoms with Gasteiger partial charge in [0.05, 0.1) is 29.2 Å². The zero-order valence-electron chi connectivity index (χ0n) is 18.2. The van der Waals surface area contributed by atoms with Crippen molar-refractivity contribution in [2.75, 3.05) is 13.7 Å². The Kier molecular flexibility index (Phi) is 6.05. The van der Waals surface area contributed by atoms with Crippen molar-refractivity contribution in [2.45, 2.75) is 55.3 Å². The lowest BCUT2D eigenvalue weighted by atomic mass is 9.71. The van der Waals surface area contributed by atoms with Gasteiger partial charge in [0.25, 0.3) is 0 Å². The summed E-state index contributed by atoms with van der Waals surface area (Å²) in [7, 11) is 1.59. The molecule has 3 aliphatic heterocycles. The molecule has 0 radical (unpaired) electrons. The number of hydrogen-bond donors (Lipinski definition) is 3. The van der Waals surface area contributed by atoms with E-state index in [1.807, 2.05) is 44.2 Å². The van der Waals surface area contributed by atoms with Crippen LogP contribution in [0.15, 0.2) is 30.3 Å². The number of rotatable bonds is 7. The van der Waals surface area contributed by atoms with Gasteiger partial charge >= 0.3 is 0 Å². The van der Waals surface area contributed by atoms with Crippen molar-refractivity contribution >= 4 is 29.5 Å². The molecule has 1 aromatic carbocycles. The van der Waals surface area contributed by atoms with Crippen molar-refractivity contribution in [2.24, 2.45) is 17.8 Å². The van der Waals surface area contributed by atoms with Crippen LogP contribution in [-0.2, 0) is 20.9 Å². The summed E-state index contributed by atoms with van der Waals surface area (Å²) in [6.07, 6.45) is 1.54. The van der Waals surface area contributed by atoms with Crippen molar-refractivity contribution in [1.29, 1.82) is 0 Å². The number of aliphatic hydroxyl groups is 1. The molecule has 31 heavy (non-hydrogen) atoms. The number of nitrogens with zero attached hydrogens (tertiary/aromatic N) is 1. The lowest BCUT2D eigenvalue weighted by Gasteiger charge is -2.38. The third-order valence-corrected chi connectivity index (χ3v) is 9.11. The molecule has 0 saturated carbocycles. The molecule has 7 nitrogen and oxygen atoms in total. The molecule has 6 atom stereocenters. The number of benzene rings is 1. The fraction of sp³-hybridized carbons (Fsp3) is 0.609. The molecule has 1 spiro atoms. The second-order valence-corrected chi connectivity index (χ2v) is 10.7. The first-order valence-corrected chi connectivity index (χ1v) is 11.9. The fourth-order valence-corrected chi connectivity index (χ4v) is 7.92. The number of hydrogen-bond acceptors (Lipinski definition) is 5. The molecule has 8 heteroatoms. The lowest BCUT2D eigenvalue weighted by Crippen LogP contribution is -2.57. The van der Waals surface area contributed by atoms with Crippen molar-refractivity contribution in [3.8, 4) is 0 Å². The van der Waals surface area contributed by atoms with Crippen LogP contribution in [0.3, 0.4) is 0 Å². The van der Waals surface area contributed by atoms with Crippen LogP contribution in [-0.4, -0.2) is 63.5 Å². The Morgan fingerprint density at radius 1 is 1.26 bits per heavy atom. The molecule has 3 heterocycles. The maximum Gasteiger partial charge on any atom is 0.244 e. The van der Waals surface area contributed by atoms with Gasteiger partial charge < -0.3 is 20.6 Å². The minimum atomic E-state index is -0.696. The summed E-state index contributed by atoms with van der Waals surface area (Å²) in [6, 6.07) is 8.49. The van der Waals surface area contributed by atoms with E-state index in [-0.39, 0.29) is 35.5 Å². The van der Waals surface area contributed by atoms with Crippen LogP contribution < -0.4 is 10.6 Å². The standard InChI is InChI=1S/C23H31N3O4S/c1-13(2)15(12-27)26-19(21(29)25-11-14-7-5-4-6-8-14)23-10-9-16(31-23)17(20(28)24-3)18(23)22(26)30/h4-8,13,15-19,27H,9-12H2,1-3H3,(H,24,28)(H,25,29)/t15-,16-,17+,18-,19?,23?/m0/s1. The molecule has 3 aliphatic rings. The van der Waals surface area contributed by atoms with E-state index >= 15 is 0 Å². The van der Waals surface area contributed by atoms with E-state index in [9.17, 15) is 19.5 Å². The third-order valence-electron chi connectivity index (χ3n) is 7.16. The molecular formula is C23H31N3O4S. The number of likely N-dealkylation sites (tertiary alicyclic amines) is 1. The molecule has 4 rings (SSSR count). The molecule has 3 N–H and O–H groups in total. The molecule has 0 aliphatic carbocycles. The summed E-state index contributed by atoms with van der Waals surface area (Å²) in [5.74, 6) is -1.49. The number of amides is 3. The largest absolute Gasteiger partial charge is 0.394 e. The molecule has 3 amide bonds. The van der Waals surface area contributed by atoms with Crippen molar-refractivity contribution in [3.05, 3.63) is 35.9 Å². The molecule has 3 saturated heterocycles. The van der Waals surface area contributed by atoms with E-state index in [0.717, 1.165) is 18.4 Å². The van der Waals surface area contributed by atoms with Gasteiger partial charge in [-0.3, -0.25) is 14.4 Å². The first kappa shape index (κ1) is 22.1. The van der Waals surface area contributed by atoms with Crippen molar-refractivity contribution < 1.29 is 19.5 Å². The second-order valence-electron chi connectivity index (χ2n) is 9.11. The Hall–Kier alpha value is -2.06. The average Bonchev–Trinajstić information content (AvgIpc) is 3.40. The number of thioether (sulfide) groups is 1. The zero-order valence-corrected chi connectivity index (χ0v) is 19.0. The molecule has 1 aromatic rings.